The Kier molecular flexibility index (Phi) is 8.24. The number of likely N-dealkylation sites (tertiary alicyclic amines) is 1. The molecule has 230 valence electrons. The highest BCUT2D eigenvalue weighted by atomic mass is 16.8. The van der Waals surface area contributed by atoms with Crippen molar-refractivity contribution in [1.82, 2.24) is 4.90 Å². The van der Waals surface area contributed by atoms with Crippen LogP contribution in [-0.4, -0.2) is 42.6 Å². The minimum Gasteiger partial charge on any atom is -0.457 e. The van der Waals surface area contributed by atoms with Gasteiger partial charge in [0, 0.05) is 18.0 Å². The minimum atomic E-state index is -0.616. The number of amides is 1. The third kappa shape index (κ3) is 5.72. The third-order valence-electron chi connectivity index (χ3n) is 11.4. The molecule has 2 aromatic carbocycles. The molecule has 1 heterocycles. The fraction of sp³-hybridized carbons (Fsp3) is 0.611. The second-order valence-corrected chi connectivity index (χ2v) is 13.5. The SMILES string of the molecule is O=C(OCOc1ccc2c(c1)[C@@]13CCCC[C@@H]1[C@H](C2)N(C(=O)OCc1ccccc1)CC3)OC1CCC[C@@H]2CCCC[C@H]12. The van der Waals surface area contributed by atoms with Crippen LogP contribution in [-0.2, 0) is 32.7 Å². The number of nitrogens with zero attached hydrogens (tertiary/aromatic N) is 1. The quantitative estimate of drug-likeness (QED) is 0.252. The Morgan fingerprint density at radius 2 is 1.70 bits per heavy atom. The molecule has 0 N–H and O–H groups in total. The van der Waals surface area contributed by atoms with E-state index in [-0.39, 0.29) is 30.4 Å². The molecule has 2 bridgehead atoms. The molecule has 4 aliphatic carbocycles. The average Bonchev–Trinajstić information content (AvgIpc) is 3.04. The molecule has 7 rings (SSSR count). The normalized spacial score (nSPS) is 31.1. The first-order chi connectivity index (χ1) is 21.1. The first-order valence-electron chi connectivity index (χ1n) is 16.7. The number of carbonyl (C=O) groups excluding carboxylic acids is 2. The van der Waals surface area contributed by atoms with Crippen molar-refractivity contribution < 1.29 is 28.5 Å². The standard InChI is InChI=1S/C36H45NO6/c38-34(40-23-25-9-2-1-3-10-25)37-20-19-36-18-7-6-14-30(36)32(37)21-27-16-17-28(22-31(27)36)41-24-42-35(39)43-33-15-8-12-26-11-4-5-13-29(26)33/h1-3,9-10,16-17,22,26,29-30,32-33H,4-8,11-15,18-21,23-24H2/t26-,29-,30+,32-,33?,36+/m0/s1. The zero-order chi connectivity index (χ0) is 29.2. The number of benzene rings is 2. The molecule has 1 saturated heterocycles. The molecule has 43 heavy (non-hydrogen) atoms. The molecule has 4 fully saturated rings. The number of hydrogen-bond acceptors (Lipinski definition) is 6. The van der Waals surface area contributed by atoms with Crippen molar-refractivity contribution in [2.24, 2.45) is 17.8 Å². The summed E-state index contributed by atoms with van der Waals surface area (Å²) in [4.78, 5) is 27.9. The van der Waals surface area contributed by atoms with Crippen molar-refractivity contribution >= 4 is 12.2 Å². The van der Waals surface area contributed by atoms with E-state index in [2.05, 4.69) is 12.1 Å². The number of ether oxygens (including phenoxy) is 4. The largest absolute Gasteiger partial charge is 0.511 e. The Bertz CT molecular complexity index is 1300. The summed E-state index contributed by atoms with van der Waals surface area (Å²) in [6.07, 6.45) is 13.8. The highest BCUT2D eigenvalue weighted by molar-refractivity contribution is 5.69. The van der Waals surface area contributed by atoms with E-state index in [0.717, 1.165) is 56.3 Å². The lowest BCUT2D eigenvalue weighted by Gasteiger charge is -2.58. The smallest absolute Gasteiger partial charge is 0.457 e. The zero-order valence-electron chi connectivity index (χ0n) is 25.2. The second-order valence-electron chi connectivity index (χ2n) is 13.5. The first kappa shape index (κ1) is 28.5. The fourth-order valence-corrected chi connectivity index (χ4v) is 9.43. The third-order valence-corrected chi connectivity index (χ3v) is 11.4. The van der Waals surface area contributed by atoms with Gasteiger partial charge in [0.1, 0.15) is 18.5 Å². The first-order valence-corrected chi connectivity index (χ1v) is 16.7. The van der Waals surface area contributed by atoms with Crippen molar-refractivity contribution in [3.63, 3.8) is 0 Å². The molecule has 0 spiro atoms. The van der Waals surface area contributed by atoms with Crippen molar-refractivity contribution in [2.45, 2.75) is 108 Å². The van der Waals surface area contributed by atoms with Gasteiger partial charge in [-0.2, -0.15) is 0 Å². The van der Waals surface area contributed by atoms with E-state index < -0.39 is 6.16 Å². The molecule has 3 saturated carbocycles. The van der Waals surface area contributed by atoms with Gasteiger partial charge in [0.25, 0.3) is 0 Å². The molecular formula is C36H45NO6. The van der Waals surface area contributed by atoms with Crippen molar-refractivity contribution in [2.75, 3.05) is 13.3 Å². The topological polar surface area (TPSA) is 74.3 Å². The molecule has 7 heteroatoms. The molecule has 1 amide bonds. The van der Waals surface area contributed by atoms with Crippen LogP contribution in [0.4, 0.5) is 9.59 Å². The number of rotatable bonds is 6. The van der Waals surface area contributed by atoms with Crippen LogP contribution in [0, 0.1) is 17.8 Å². The maximum Gasteiger partial charge on any atom is 0.511 e. The maximum atomic E-state index is 13.3. The van der Waals surface area contributed by atoms with Gasteiger partial charge < -0.3 is 23.8 Å². The van der Waals surface area contributed by atoms with Crippen LogP contribution in [0.15, 0.2) is 48.5 Å². The van der Waals surface area contributed by atoms with Gasteiger partial charge in [-0.3, -0.25) is 0 Å². The van der Waals surface area contributed by atoms with E-state index >= 15 is 0 Å². The van der Waals surface area contributed by atoms with E-state index in [4.69, 9.17) is 18.9 Å². The lowest BCUT2D eigenvalue weighted by molar-refractivity contribution is -0.0563. The van der Waals surface area contributed by atoms with Crippen LogP contribution in [0.1, 0.15) is 93.7 Å². The van der Waals surface area contributed by atoms with Gasteiger partial charge in [-0.1, -0.05) is 68.5 Å². The Labute approximate surface area is 255 Å². The van der Waals surface area contributed by atoms with Crippen LogP contribution < -0.4 is 4.74 Å². The van der Waals surface area contributed by atoms with Gasteiger partial charge in [-0.05, 0) is 97.9 Å². The van der Waals surface area contributed by atoms with Crippen molar-refractivity contribution in [3.05, 3.63) is 65.2 Å². The monoisotopic (exact) mass is 587 g/mol. The van der Waals surface area contributed by atoms with E-state index in [0.29, 0.717) is 30.9 Å². The molecule has 2 aromatic rings. The summed E-state index contributed by atoms with van der Waals surface area (Å²) in [5.74, 6) is 2.31. The van der Waals surface area contributed by atoms with Crippen LogP contribution in [0.2, 0.25) is 0 Å². The van der Waals surface area contributed by atoms with Crippen LogP contribution in [0.25, 0.3) is 0 Å². The lowest BCUT2D eigenvalue weighted by Crippen LogP contribution is -2.62. The molecule has 7 nitrogen and oxygen atoms in total. The van der Waals surface area contributed by atoms with Gasteiger partial charge >= 0.3 is 12.2 Å². The van der Waals surface area contributed by atoms with Crippen molar-refractivity contribution in [1.29, 1.82) is 0 Å². The van der Waals surface area contributed by atoms with Gasteiger partial charge in [0.15, 0.2) is 0 Å². The van der Waals surface area contributed by atoms with Crippen LogP contribution in [0.5, 0.6) is 5.75 Å². The number of fused-ring (bicyclic) bond motifs is 2. The second kappa shape index (κ2) is 12.4. The molecule has 0 aromatic heterocycles. The summed E-state index contributed by atoms with van der Waals surface area (Å²) in [6.45, 7) is 0.850. The summed E-state index contributed by atoms with van der Waals surface area (Å²) >= 11 is 0. The Morgan fingerprint density at radius 1 is 0.860 bits per heavy atom. The Hall–Kier alpha value is -3.22. The molecule has 5 aliphatic rings. The lowest BCUT2D eigenvalue weighted by atomic mass is 9.52. The maximum absolute atomic E-state index is 13.3. The Balaban J connectivity index is 0.990. The minimum absolute atomic E-state index is 0.0212. The van der Waals surface area contributed by atoms with E-state index in [9.17, 15) is 9.59 Å². The zero-order valence-corrected chi connectivity index (χ0v) is 25.2. The predicted molar refractivity (Wildman–Crippen MR) is 162 cm³/mol. The van der Waals surface area contributed by atoms with Gasteiger partial charge in [-0.25, -0.2) is 9.59 Å². The van der Waals surface area contributed by atoms with Crippen LogP contribution in [0.3, 0.4) is 0 Å². The molecule has 0 radical (unpaired) electrons. The summed E-state index contributed by atoms with van der Waals surface area (Å²) in [6, 6.07) is 16.3. The number of carbonyl (C=O) groups is 2. The summed E-state index contributed by atoms with van der Waals surface area (Å²) < 4.78 is 23.0. The highest BCUT2D eigenvalue weighted by Gasteiger charge is 2.55. The summed E-state index contributed by atoms with van der Waals surface area (Å²) in [5, 5.41) is 0. The summed E-state index contributed by atoms with van der Waals surface area (Å²) in [7, 11) is 0. The van der Waals surface area contributed by atoms with Crippen LogP contribution >= 0.6 is 0 Å². The molecular weight excluding hydrogens is 542 g/mol. The average molecular weight is 588 g/mol. The number of piperidine rings is 1. The molecule has 6 atom stereocenters. The molecule has 1 aliphatic heterocycles. The van der Waals surface area contributed by atoms with E-state index in [1.807, 2.05) is 41.3 Å². The van der Waals surface area contributed by atoms with E-state index in [1.54, 1.807) is 0 Å². The van der Waals surface area contributed by atoms with Gasteiger partial charge in [0.05, 0.1) is 0 Å². The number of hydrogen-bond donors (Lipinski definition) is 0. The Morgan fingerprint density at radius 3 is 2.60 bits per heavy atom. The van der Waals surface area contributed by atoms with Crippen molar-refractivity contribution in [3.8, 4) is 5.75 Å². The van der Waals surface area contributed by atoms with Gasteiger partial charge in [0.2, 0.25) is 6.79 Å². The fourth-order valence-electron chi connectivity index (χ4n) is 9.43. The molecule has 1 unspecified atom stereocenters. The predicted octanol–water partition coefficient (Wildman–Crippen LogP) is 7.93. The summed E-state index contributed by atoms with van der Waals surface area (Å²) in [5.41, 5.74) is 3.70. The highest BCUT2D eigenvalue weighted by Crippen LogP contribution is 2.56. The van der Waals surface area contributed by atoms with Gasteiger partial charge in [-0.15, -0.1) is 0 Å². The van der Waals surface area contributed by atoms with E-state index in [1.165, 1.54) is 49.7 Å².